The molecule has 0 spiro atoms. The van der Waals surface area contributed by atoms with Crippen LogP contribution in [0.4, 0.5) is 10.5 Å². The molecule has 1 saturated carbocycles. The zero-order chi connectivity index (χ0) is 18.8. The number of hydrogen-bond donors (Lipinski definition) is 1. The molecule has 1 aliphatic heterocycles. The Balaban J connectivity index is 1.52. The van der Waals surface area contributed by atoms with E-state index in [0.717, 1.165) is 43.7 Å². The Morgan fingerprint density at radius 2 is 1.85 bits per heavy atom. The summed E-state index contributed by atoms with van der Waals surface area (Å²) in [4.78, 5) is 27.2. The van der Waals surface area contributed by atoms with E-state index in [-0.39, 0.29) is 23.7 Å². The number of amides is 2. The van der Waals surface area contributed by atoms with Gasteiger partial charge in [0.05, 0.1) is 0 Å². The summed E-state index contributed by atoms with van der Waals surface area (Å²) < 4.78 is 3.37. The van der Waals surface area contributed by atoms with Crippen LogP contribution in [0.5, 0.6) is 0 Å². The highest BCUT2D eigenvalue weighted by molar-refractivity contribution is 5.89. The molecule has 1 N–H and O–H groups in total. The number of benzene rings is 1. The molecular formula is C20H27N5O2. The number of nitrogens with zero attached hydrogens (tertiary/aromatic N) is 4. The van der Waals surface area contributed by atoms with Gasteiger partial charge in [-0.25, -0.2) is 14.3 Å². The monoisotopic (exact) mass is 369 g/mol. The maximum atomic E-state index is 12.7. The number of para-hydroxylation sites is 1. The van der Waals surface area contributed by atoms with Gasteiger partial charge in [-0.15, -0.1) is 0 Å². The van der Waals surface area contributed by atoms with Gasteiger partial charge in [0.25, 0.3) is 0 Å². The van der Waals surface area contributed by atoms with Gasteiger partial charge in [0.15, 0.2) is 0 Å². The lowest BCUT2D eigenvalue weighted by atomic mass is 9.97. The Hall–Kier alpha value is -2.57. The SMILES string of the molecule is Cn1nc(C2CCCN(C(=O)Nc3ccccc3)C2)n(C2CCCC2)c1=O. The Morgan fingerprint density at radius 3 is 2.59 bits per heavy atom. The minimum absolute atomic E-state index is 0.0252. The maximum Gasteiger partial charge on any atom is 0.345 e. The Morgan fingerprint density at radius 1 is 1.11 bits per heavy atom. The van der Waals surface area contributed by atoms with Gasteiger partial charge >= 0.3 is 11.7 Å². The summed E-state index contributed by atoms with van der Waals surface area (Å²) in [7, 11) is 1.72. The molecule has 1 aromatic heterocycles. The first-order chi connectivity index (χ1) is 13.1. The van der Waals surface area contributed by atoms with Gasteiger partial charge in [-0.3, -0.25) is 4.57 Å². The molecule has 1 aromatic carbocycles. The lowest BCUT2D eigenvalue weighted by molar-refractivity contribution is 0.190. The van der Waals surface area contributed by atoms with Crippen molar-refractivity contribution in [1.29, 1.82) is 0 Å². The molecule has 7 nitrogen and oxygen atoms in total. The number of likely N-dealkylation sites (tertiary alicyclic amines) is 1. The summed E-state index contributed by atoms with van der Waals surface area (Å²) in [6.07, 6.45) is 6.30. The van der Waals surface area contributed by atoms with Crippen LogP contribution >= 0.6 is 0 Å². The molecule has 0 radical (unpaired) electrons. The Bertz CT molecular complexity index is 851. The first-order valence-corrected chi connectivity index (χ1v) is 9.90. The van der Waals surface area contributed by atoms with Crippen LogP contribution in [0.1, 0.15) is 56.3 Å². The maximum absolute atomic E-state index is 12.7. The van der Waals surface area contributed by atoms with Crippen molar-refractivity contribution in [3.05, 3.63) is 46.6 Å². The van der Waals surface area contributed by atoms with E-state index in [1.54, 1.807) is 7.05 Å². The fourth-order valence-electron chi connectivity index (χ4n) is 4.38. The van der Waals surface area contributed by atoms with Crippen molar-refractivity contribution in [2.45, 2.75) is 50.5 Å². The minimum Gasteiger partial charge on any atom is -0.324 e. The van der Waals surface area contributed by atoms with Gasteiger partial charge < -0.3 is 10.2 Å². The van der Waals surface area contributed by atoms with E-state index in [1.807, 2.05) is 39.8 Å². The topological polar surface area (TPSA) is 72.2 Å². The van der Waals surface area contributed by atoms with E-state index >= 15 is 0 Å². The van der Waals surface area contributed by atoms with Gasteiger partial charge in [-0.05, 0) is 37.8 Å². The van der Waals surface area contributed by atoms with Gasteiger partial charge in [0.1, 0.15) is 5.82 Å². The van der Waals surface area contributed by atoms with Crippen LogP contribution in [-0.4, -0.2) is 38.4 Å². The zero-order valence-electron chi connectivity index (χ0n) is 15.8. The molecule has 2 heterocycles. The van der Waals surface area contributed by atoms with Crippen LogP contribution in [0.3, 0.4) is 0 Å². The molecule has 27 heavy (non-hydrogen) atoms. The number of aromatic nitrogens is 3. The van der Waals surface area contributed by atoms with Crippen LogP contribution in [0, 0.1) is 0 Å². The lowest BCUT2D eigenvalue weighted by Gasteiger charge is -2.32. The van der Waals surface area contributed by atoms with Crippen LogP contribution < -0.4 is 11.0 Å². The number of carbonyl (C=O) groups is 1. The standard InChI is InChI=1S/C20H27N5O2/c1-23-20(27)25(17-11-5-6-12-17)18(22-23)15-8-7-13-24(14-15)19(26)21-16-9-3-2-4-10-16/h2-4,9-10,15,17H,5-8,11-14H2,1H3,(H,21,26). The smallest absolute Gasteiger partial charge is 0.324 e. The molecule has 144 valence electrons. The normalized spacial score (nSPS) is 20.8. The van der Waals surface area contributed by atoms with Crippen molar-refractivity contribution in [2.75, 3.05) is 18.4 Å². The molecule has 1 unspecified atom stereocenters. The first kappa shape index (κ1) is 17.8. The number of urea groups is 1. The van der Waals surface area contributed by atoms with Crippen molar-refractivity contribution < 1.29 is 4.79 Å². The number of carbonyl (C=O) groups excluding carboxylic acids is 1. The predicted molar refractivity (Wildman–Crippen MR) is 104 cm³/mol. The number of nitrogens with one attached hydrogen (secondary N) is 1. The van der Waals surface area contributed by atoms with Crippen molar-refractivity contribution in [2.24, 2.45) is 7.05 Å². The highest BCUT2D eigenvalue weighted by Gasteiger charge is 2.32. The molecule has 4 rings (SSSR count). The van der Waals surface area contributed by atoms with Gasteiger partial charge in [0.2, 0.25) is 0 Å². The van der Waals surface area contributed by atoms with Crippen molar-refractivity contribution >= 4 is 11.7 Å². The predicted octanol–water partition coefficient (Wildman–Crippen LogP) is 3.11. The molecule has 1 aliphatic carbocycles. The summed E-state index contributed by atoms with van der Waals surface area (Å²) in [5, 5.41) is 7.53. The van der Waals surface area contributed by atoms with Gasteiger partial charge in [-0.2, -0.15) is 5.10 Å². The molecule has 2 aliphatic rings. The summed E-state index contributed by atoms with van der Waals surface area (Å²) >= 11 is 0. The van der Waals surface area contributed by atoms with E-state index in [1.165, 1.54) is 17.5 Å². The van der Waals surface area contributed by atoms with E-state index < -0.39 is 0 Å². The van der Waals surface area contributed by atoms with Crippen molar-refractivity contribution in [3.8, 4) is 0 Å². The van der Waals surface area contributed by atoms with Crippen LogP contribution in [0.25, 0.3) is 0 Å². The summed E-state index contributed by atoms with van der Waals surface area (Å²) in [6, 6.07) is 9.68. The number of aryl methyl sites for hydroxylation is 1. The first-order valence-electron chi connectivity index (χ1n) is 9.90. The highest BCUT2D eigenvalue weighted by atomic mass is 16.2. The summed E-state index contributed by atoms with van der Waals surface area (Å²) in [5.74, 6) is 0.960. The highest BCUT2D eigenvalue weighted by Crippen LogP contribution is 2.33. The second-order valence-corrected chi connectivity index (χ2v) is 7.65. The third kappa shape index (κ3) is 3.63. The fraction of sp³-hybridized carbons (Fsp3) is 0.550. The molecule has 2 aromatic rings. The minimum atomic E-state index is -0.0865. The van der Waals surface area contributed by atoms with E-state index in [4.69, 9.17) is 0 Å². The molecule has 1 saturated heterocycles. The second-order valence-electron chi connectivity index (χ2n) is 7.65. The summed E-state index contributed by atoms with van der Waals surface area (Å²) in [5.41, 5.74) is 0.771. The molecule has 2 amide bonds. The van der Waals surface area contributed by atoms with Crippen LogP contribution in [0.15, 0.2) is 35.1 Å². The molecule has 2 fully saturated rings. The van der Waals surface area contributed by atoms with Crippen LogP contribution in [-0.2, 0) is 7.05 Å². The Kier molecular flexibility index (Phi) is 5.01. The molecule has 0 bridgehead atoms. The van der Waals surface area contributed by atoms with E-state index in [9.17, 15) is 9.59 Å². The quantitative estimate of drug-likeness (QED) is 0.903. The third-order valence-corrected chi connectivity index (χ3v) is 5.77. The number of hydrogen-bond acceptors (Lipinski definition) is 3. The average molecular weight is 369 g/mol. The number of anilines is 1. The number of rotatable bonds is 3. The molecule has 1 atom stereocenters. The van der Waals surface area contributed by atoms with Crippen molar-refractivity contribution in [3.63, 3.8) is 0 Å². The van der Waals surface area contributed by atoms with E-state index in [0.29, 0.717) is 6.54 Å². The van der Waals surface area contributed by atoms with E-state index in [2.05, 4.69) is 10.4 Å². The molecular weight excluding hydrogens is 342 g/mol. The number of piperidine rings is 1. The second kappa shape index (κ2) is 7.58. The average Bonchev–Trinajstić information content (AvgIpc) is 3.31. The zero-order valence-corrected chi connectivity index (χ0v) is 15.8. The lowest BCUT2D eigenvalue weighted by Crippen LogP contribution is -2.42. The molecule has 7 heteroatoms. The fourth-order valence-corrected chi connectivity index (χ4v) is 4.38. The largest absolute Gasteiger partial charge is 0.345 e. The van der Waals surface area contributed by atoms with Gasteiger partial charge in [-0.1, -0.05) is 31.0 Å². The third-order valence-electron chi connectivity index (χ3n) is 5.77. The Labute approximate surface area is 159 Å². The summed E-state index contributed by atoms with van der Waals surface area (Å²) in [6.45, 7) is 1.33. The van der Waals surface area contributed by atoms with Gasteiger partial charge in [0, 0.05) is 37.8 Å². The van der Waals surface area contributed by atoms with Crippen LogP contribution in [0.2, 0.25) is 0 Å². The van der Waals surface area contributed by atoms with Crippen molar-refractivity contribution in [1.82, 2.24) is 19.2 Å².